The van der Waals surface area contributed by atoms with Gasteiger partial charge in [-0.2, -0.15) is 5.10 Å². The molecule has 0 bridgehead atoms. The summed E-state index contributed by atoms with van der Waals surface area (Å²) in [4.78, 5) is 31.1. The summed E-state index contributed by atoms with van der Waals surface area (Å²) in [5, 5.41) is 9.42. The largest absolute Gasteiger partial charge is 0.365 e. The summed E-state index contributed by atoms with van der Waals surface area (Å²) >= 11 is 0. The van der Waals surface area contributed by atoms with Crippen molar-refractivity contribution in [2.24, 2.45) is 0 Å². The van der Waals surface area contributed by atoms with Crippen LogP contribution in [-0.4, -0.2) is 62.3 Å². The molecule has 32 heavy (non-hydrogen) atoms. The maximum atomic E-state index is 13.9. The van der Waals surface area contributed by atoms with Crippen LogP contribution in [0.2, 0.25) is 0 Å². The van der Waals surface area contributed by atoms with E-state index in [1.807, 2.05) is 17.7 Å². The smallest absolute Gasteiger partial charge is 0.256 e. The van der Waals surface area contributed by atoms with E-state index >= 15 is 0 Å². The Bertz CT molecular complexity index is 1090. The minimum atomic E-state index is -0.794. The van der Waals surface area contributed by atoms with Crippen molar-refractivity contribution >= 4 is 17.6 Å². The van der Waals surface area contributed by atoms with Gasteiger partial charge in [0.25, 0.3) is 5.91 Å². The molecular weight excluding hydrogens is 415 g/mol. The highest BCUT2D eigenvalue weighted by Crippen LogP contribution is 2.22. The van der Waals surface area contributed by atoms with Crippen LogP contribution >= 0.6 is 0 Å². The highest BCUT2D eigenvalue weighted by Gasteiger charge is 2.29. The average molecular weight is 440 g/mol. The quantitative estimate of drug-likeness (QED) is 0.587. The third kappa shape index (κ3) is 5.02. The Hall–Kier alpha value is -3.53. The van der Waals surface area contributed by atoms with Gasteiger partial charge < -0.3 is 19.5 Å². The van der Waals surface area contributed by atoms with Gasteiger partial charge >= 0.3 is 0 Å². The summed E-state index contributed by atoms with van der Waals surface area (Å²) < 4.78 is 21.5. The van der Waals surface area contributed by atoms with Crippen LogP contribution in [0, 0.1) is 12.7 Å². The molecule has 1 atom stereocenters. The zero-order chi connectivity index (χ0) is 22.5. The van der Waals surface area contributed by atoms with Crippen LogP contribution in [0.25, 0.3) is 11.3 Å². The number of aromatic amines is 1. The van der Waals surface area contributed by atoms with Crippen molar-refractivity contribution in [2.75, 3.05) is 25.0 Å². The van der Waals surface area contributed by atoms with Crippen LogP contribution < -0.4 is 5.32 Å². The molecule has 4 rings (SSSR count). The molecule has 1 aliphatic heterocycles. The summed E-state index contributed by atoms with van der Waals surface area (Å²) in [6.45, 7) is 3.55. The van der Waals surface area contributed by atoms with Gasteiger partial charge in [0.2, 0.25) is 5.91 Å². The first-order valence-corrected chi connectivity index (χ1v) is 10.5. The number of anilines is 1. The van der Waals surface area contributed by atoms with Crippen LogP contribution in [0.3, 0.4) is 0 Å². The number of aryl methyl sites for hydroxylation is 2. The molecule has 0 radical (unpaired) electrons. The summed E-state index contributed by atoms with van der Waals surface area (Å²) in [7, 11) is 0. The van der Waals surface area contributed by atoms with E-state index in [4.69, 9.17) is 4.74 Å². The normalized spacial score (nSPS) is 16.2. The molecule has 0 aliphatic carbocycles. The van der Waals surface area contributed by atoms with E-state index in [1.165, 1.54) is 6.07 Å². The molecular formula is C22H25FN6O3. The van der Waals surface area contributed by atoms with Gasteiger partial charge in [0, 0.05) is 43.5 Å². The number of ether oxygens (including phenoxy) is 1. The molecule has 2 amide bonds. The van der Waals surface area contributed by atoms with Gasteiger partial charge in [0.05, 0.1) is 18.8 Å². The van der Waals surface area contributed by atoms with Gasteiger partial charge in [-0.3, -0.25) is 14.7 Å². The number of H-pyrrole nitrogens is 1. The summed E-state index contributed by atoms with van der Waals surface area (Å²) in [6.07, 6.45) is 3.91. The summed E-state index contributed by atoms with van der Waals surface area (Å²) in [5.41, 5.74) is 0.810. The summed E-state index contributed by atoms with van der Waals surface area (Å²) in [6, 6.07) is 7.85. The second-order valence-corrected chi connectivity index (χ2v) is 7.61. The first kappa shape index (κ1) is 21.7. The number of imidazole rings is 1. The Morgan fingerprint density at radius 2 is 2.19 bits per heavy atom. The van der Waals surface area contributed by atoms with Crippen molar-refractivity contribution in [3.63, 3.8) is 0 Å². The molecule has 10 heteroatoms. The lowest BCUT2D eigenvalue weighted by atomic mass is 10.1. The number of carbonyl (C=O) groups is 2. The number of halogens is 1. The van der Waals surface area contributed by atoms with Crippen molar-refractivity contribution < 1.29 is 18.7 Å². The molecule has 1 saturated heterocycles. The van der Waals surface area contributed by atoms with Crippen LogP contribution in [0.1, 0.15) is 18.7 Å². The van der Waals surface area contributed by atoms with Crippen LogP contribution in [0.5, 0.6) is 0 Å². The molecule has 1 aromatic carbocycles. The van der Waals surface area contributed by atoms with E-state index in [0.29, 0.717) is 30.6 Å². The standard InChI is InChI=1S/C22H25FN6O3/c1-15-24-8-10-28(15)9-4-7-21(30)29-11-12-32-19(14-29)22(31)25-20-13-18(26-27-20)16-5-2-3-6-17(16)23/h2-3,5-6,8,10,13,19H,4,7,9,11-12,14H2,1H3,(H2,25,26,27,31). The molecule has 0 saturated carbocycles. The molecule has 0 spiro atoms. The minimum absolute atomic E-state index is 0.00882. The third-order valence-corrected chi connectivity index (χ3v) is 5.42. The van der Waals surface area contributed by atoms with Gasteiger partial charge in [-0.15, -0.1) is 0 Å². The SMILES string of the molecule is Cc1nccn1CCCC(=O)N1CCOC(C(=O)Nc2cc(-c3ccccc3F)[nH]n2)C1. The topological polar surface area (TPSA) is 105 Å². The fraction of sp³-hybridized carbons (Fsp3) is 0.364. The van der Waals surface area contributed by atoms with Gasteiger partial charge in [0.15, 0.2) is 11.9 Å². The van der Waals surface area contributed by atoms with Gasteiger partial charge in [0.1, 0.15) is 11.6 Å². The highest BCUT2D eigenvalue weighted by molar-refractivity contribution is 5.94. The maximum absolute atomic E-state index is 13.9. The van der Waals surface area contributed by atoms with Crippen molar-refractivity contribution in [3.05, 3.63) is 54.4 Å². The van der Waals surface area contributed by atoms with Crippen molar-refractivity contribution in [2.45, 2.75) is 32.4 Å². The number of morpholine rings is 1. The molecule has 1 fully saturated rings. The van der Waals surface area contributed by atoms with Crippen molar-refractivity contribution in [1.29, 1.82) is 0 Å². The molecule has 168 valence electrons. The first-order valence-electron chi connectivity index (χ1n) is 10.5. The van der Waals surface area contributed by atoms with E-state index in [0.717, 1.165) is 12.4 Å². The summed E-state index contributed by atoms with van der Waals surface area (Å²) in [5.74, 6) is 0.378. The number of aromatic nitrogens is 4. The predicted molar refractivity (Wildman–Crippen MR) is 115 cm³/mol. The maximum Gasteiger partial charge on any atom is 0.256 e. The number of hydrogen-bond donors (Lipinski definition) is 2. The number of amides is 2. The van der Waals surface area contributed by atoms with Crippen molar-refractivity contribution in [3.8, 4) is 11.3 Å². The Labute approximate surface area is 184 Å². The zero-order valence-electron chi connectivity index (χ0n) is 17.8. The Balaban J connectivity index is 1.29. The second-order valence-electron chi connectivity index (χ2n) is 7.61. The van der Waals surface area contributed by atoms with Crippen LogP contribution in [0.4, 0.5) is 10.2 Å². The number of nitrogens with one attached hydrogen (secondary N) is 2. The third-order valence-electron chi connectivity index (χ3n) is 5.42. The number of nitrogens with zero attached hydrogens (tertiary/aromatic N) is 4. The van der Waals surface area contributed by atoms with Gasteiger partial charge in [-0.25, -0.2) is 9.37 Å². The molecule has 2 N–H and O–H groups in total. The zero-order valence-corrected chi connectivity index (χ0v) is 17.8. The Morgan fingerprint density at radius 1 is 1.34 bits per heavy atom. The minimum Gasteiger partial charge on any atom is -0.365 e. The second kappa shape index (κ2) is 9.73. The van der Waals surface area contributed by atoms with Crippen molar-refractivity contribution in [1.82, 2.24) is 24.6 Å². The van der Waals surface area contributed by atoms with E-state index in [2.05, 4.69) is 20.5 Å². The average Bonchev–Trinajstić information content (AvgIpc) is 3.43. The van der Waals surface area contributed by atoms with Gasteiger partial charge in [-0.1, -0.05) is 12.1 Å². The van der Waals surface area contributed by atoms with E-state index < -0.39 is 12.0 Å². The molecule has 2 aromatic heterocycles. The molecule has 3 aromatic rings. The van der Waals surface area contributed by atoms with Crippen LogP contribution in [0.15, 0.2) is 42.7 Å². The highest BCUT2D eigenvalue weighted by atomic mass is 19.1. The molecule has 1 unspecified atom stereocenters. The van der Waals surface area contributed by atoms with Crippen LogP contribution in [-0.2, 0) is 20.9 Å². The van der Waals surface area contributed by atoms with E-state index in [9.17, 15) is 14.0 Å². The Kier molecular flexibility index (Phi) is 6.60. The van der Waals surface area contributed by atoms with E-state index in [-0.39, 0.29) is 30.7 Å². The molecule has 9 nitrogen and oxygen atoms in total. The fourth-order valence-electron chi connectivity index (χ4n) is 3.64. The lowest BCUT2D eigenvalue weighted by molar-refractivity contribution is -0.144. The van der Waals surface area contributed by atoms with E-state index in [1.54, 1.807) is 35.4 Å². The fourth-order valence-corrected chi connectivity index (χ4v) is 3.64. The first-order chi connectivity index (χ1) is 15.5. The monoisotopic (exact) mass is 440 g/mol. The lowest BCUT2D eigenvalue weighted by Gasteiger charge is -2.32. The molecule has 1 aliphatic rings. The number of hydrogen-bond acceptors (Lipinski definition) is 5. The lowest BCUT2D eigenvalue weighted by Crippen LogP contribution is -2.50. The number of rotatable bonds is 7. The van der Waals surface area contributed by atoms with Gasteiger partial charge in [-0.05, 0) is 25.5 Å². The number of benzene rings is 1. The number of carbonyl (C=O) groups excluding carboxylic acids is 2. The molecule has 3 heterocycles. The predicted octanol–water partition coefficient (Wildman–Crippen LogP) is 2.37. The Morgan fingerprint density at radius 3 is 2.97 bits per heavy atom.